The number of halogens is 5. The zero-order chi connectivity index (χ0) is 29.0. The molecule has 216 valence electrons. The maximum Gasteiger partial charge on any atom is 0.332 e. The lowest BCUT2D eigenvalue weighted by molar-refractivity contribution is -0.146. The zero-order valence-corrected chi connectivity index (χ0v) is 22.9. The summed E-state index contributed by atoms with van der Waals surface area (Å²) in [5, 5.41) is 9.63. The Morgan fingerprint density at radius 3 is 2.23 bits per heavy atom. The number of carboxylic acids is 1. The van der Waals surface area contributed by atoms with Crippen LogP contribution in [0.4, 0.5) is 17.6 Å². The van der Waals surface area contributed by atoms with Crippen molar-refractivity contribution >= 4 is 33.3 Å². The molecule has 0 aromatic heterocycles. The molecular formula is C28H28ClF4NO5S. The van der Waals surface area contributed by atoms with Gasteiger partial charge in [-0.1, -0.05) is 23.7 Å². The Labute approximate surface area is 234 Å². The van der Waals surface area contributed by atoms with Crippen molar-refractivity contribution < 1.29 is 40.7 Å². The summed E-state index contributed by atoms with van der Waals surface area (Å²) in [7, 11) is -4.24. The second-order valence-electron chi connectivity index (χ2n) is 10.9. The first-order chi connectivity index (χ1) is 18.8. The summed E-state index contributed by atoms with van der Waals surface area (Å²) < 4.78 is 81.8. The highest BCUT2D eigenvalue weighted by Gasteiger charge is 2.61. The van der Waals surface area contributed by atoms with E-state index in [2.05, 4.69) is 0 Å². The van der Waals surface area contributed by atoms with E-state index in [-0.39, 0.29) is 47.7 Å². The van der Waals surface area contributed by atoms with E-state index in [0.29, 0.717) is 30.7 Å². The highest BCUT2D eigenvalue weighted by atomic mass is 35.5. The Morgan fingerprint density at radius 2 is 1.62 bits per heavy atom. The van der Waals surface area contributed by atoms with Gasteiger partial charge in [0.2, 0.25) is 5.91 Å². The number of nitrogens with zero attached hydrogens (tertiary/aromatic N) is 1. The minimum absolute atomic E-state index is 0.00355. The van der Waals surface area contributed by atoms with E-state index in [0.717, 1.165) is 12.1 Å². The van der Waals surface area contributed by atoms with Gasteiger partial charge in [0.05, 0.1) is 16.9 Å². The van der Waals surface area contributed by atoms with Crippen molar-refractivity contribution in [3.05, 3.63) is 64.2 Å². The molecule has 1 N–H and O–H groups in total. The number of aryl methyl sites for hydroxylation is 1. The molecule has 0 spiro atoms. The minimum atomic E-state index is -4.40. The number of alkyl halides is 4. The Balaban J connectivity index is 1.58. The van der Waals surface area contributed by atoms with E-state index in [1.54, 1.807) is 4.90 Å². The summed E-state index contributed by atoms with van der Waals surface area (Å²) in [6.07, 6.45) is -2.22. The number of likely N-dealkylation sites (tertiary alicyclic amines) is 1. The lowest BCUT2D eigenvalue weighted by Gasteiger charge is -2.43. The maximum atomic E-state index is 14.4. The molecule has 3 aliphatic rings. The average Bonchev–Trinajstić information content (AvgIpc) is 3.34. The first kappa shape index (κ1) is 28.9. The molecule has 2 aromatic carbocycles. The van der Waals surface area contributed by atoms with E-state index in [9.17, 15) is 40.7 Å². The molecule has 2 atom stereocenters. The van der Waals surface area contributed by atoms with Crippen LogP contribution in [0.15, 0.2) is 47.4 Å². The Hall–Kier alpha value is -2.66. The third-order valence-corrected chi connectivity index (χ3v) is 11.7. The molecule has 2 unspecified atom stereocenters. The molecule has 1 amide bonds. The summed E-state index contributed by atoms with van der Waals surface area (Å²) in [6.45, 7) is 0.101. The SMILES string of the molecule is O=C(O)[C@H]1CC[C@H](C(=O)N2CCC3(S(=O)(=O)c4ccc(Cl)cc4)c4ccc(C(F)(F)C(F)F)cc4CCC23)CC1. The van der Waals surface area contributed by atoms with E-state index >= 15 is 0 Å². The summed E-state index contributed by atoms with van der Waals surface area (Å²) in [5.74, 6) is -6.51. The molecule has 0 bridgehead atoms. The van der Waals surface area contributed by atoms with Crippen LogP contribution in [0.1, 0.15) is 55.2 Å². The molecule has 40 heavy (non-hydrogen) atoms. The largest absolute Gasteiger partial charge is 0.481 e. The van der Waals surface area contributed by atoms with Crippen LogP contribution >= 0.6 is 11.6 Å². The number of aliphatic carboxylic acids is 1. The van der Waals surface area contributed by atoms with E-state index in [4.69, 9.17) is 11.6 Å². The van der Waals surface area contributed by atoms with E-state index in [1.165, 1.54) is 30.3 Å². The van der Waals surface area contributed by atoms with Gasteiger partial charge in [-0.2, -0.15) is 8.78 Å². The fourth-order valence-electron chi connectivity index (χ4n) is 6.77. The number of hydrogen-bond donors (Lipinski definition) is 1. The second-order valence-corrected chi connectivity index (χ2v) is 13.5. The molecular weight excluding hydrogens is 574 g/mol. The third-order valence-electron chi connectivity index (χ3n) is 8.86. The van der Waals surface area contributed by atoms with Gasteiger partial charge in [0.15, 0.2) is 9.84 Å². The first-order valence-electron chi connectivity index (χ1n) is 13.1. The fraction of sp³-hybridized carbons (Fsp3) is 0.500. The van der Waals surface area contributed by atoms with Crippen LogP contribution in [0, 0.1) is 11.8 Å². The van der Waals surface area contributed by atoms with Crippen molar-refractivity contribution in [2.75, 3.05) is 6.54 Å². The number of hydrogen-bond acceptors (Lipinski definition) is 4. The quantitative estimate of drug-likeness (QED) is 0.422. The molecule has 2 aromatic rings. The fourth-order valence-corrected chi connectivity index (χ4v) is 9.26. The molecule has 1 saturated heterocycles. The maximum absolute atomic E-state index is 14.4. The summed E-state index contributed by atoms with van der Waals surface area (Å²) in [4.78, 5) is 26.6. The van der Waals surface area contributed by atoms with Gasteiger partial charge in [0, 0.05) is 23.0 Å². The molecule has 5 rings (SSSR count). The normalized spacial score (nSPS) is 26.9. The van der Waals surface area contributed by atoms with Crippen molar-refractivity contribution in [2.24, 2.45) is 11.8 Å². The minimum Gasteiger partial charge on any atom is -0.481 e. The van der Waals surface area contributed by atoms with Crippen molar-refractivity contribution in [2.45, 2.75) is 73.0 Å². The molecule has 2 aliphatic carbocycles. The van der Waals surface area contributed by atoms with Gasteiger partial charge in [-0.15, -0.1) is 0 Å². The number of benzene rings is 2. The van der Waals surface area contributed by atoms with Crippen LogP contribution in [0.2, 0.25) is 5.02 Å². The van der Waals surface area contributed by atoms with Gasteiger partial charge in [-0.3, -0.25) is 9.59 Å². The highest BCUT2D eigenvalue weighted by molar-refractivity contribution is 7.92. The molecule has 1 aliphatic heterocycles. The molecule has 12 heteroatoms. The Kier molecular flexibility index (Phi) is 7.44. The third kappa shape index (κ3) is 4.49. The number of rotatable bonds is 6. The second kappa shape index (κ2) is 10.3. The van der Waals surface area contributed by atoms with E-state index in [1.807, 2.05) is 0 Å². The van der Waals surface area contributed by atoms with Crippen LogP contribution in [0.3, 0.4) is 0 Å². The Bertz CT molecular complexity index is 1430. The van der Waals surface area contributed by atoms with Crippen LogP contribution in [0.25, 0.3) is 0 Å². The lowest BCUT2D eigenvalue weighted by Crippen LogP contribution is -2.53. The number of sulfone groups is 1. The average molecular weight is 602 g/mol. The predicted octanol–water partition coefficient (Wildman–Crippen LogP) is 5.80. The van der Waals surface area contributed by atoms with Gasteiger partial charge in [-0.25, -0.2) is 17.2 Å². The van der Waals surface area contributed by atoms with Crippen molar-refractivity contribution in [1.82, 2.24) is 4.90 Å². The van der Waals surface area contributed by atoms with E-state index < -0.39 is 56.3 Å². The molecule has 1 heterocycles. The van der Waals surface area contributed by atoms with Crippen molar-refractivity contribution in [1.29, 1.82) is 0 Å². The topological polar surface area (TPSA) is 91.8 Å². The van der Waals surface area contributed by atoms with Crippen LogP contribution in [-0.4, -0.2) is 49.3 Å². The lowest BCUT2D eigenvalue weighted by atomic mass is 9.77. The molecule has 0 radical (unpaired) electrons. The summed E-state index contributed by atoms with van der Waals surface area (Å²) in [6, 6.07) is 7.77. The Morgan fingerprint density at radius 1 is 1.00 bits per heavy atom. The number of amides is 1. The van der Waals surface area contributed by atoms with Gasteiger partial charge in [0.25, 0.3) is 0 Å². The monoisotopic (exact) mass is 601 g/mol. The van der Waals surface area contributed by atoms with Crippen LogP contribution < -0.4 is 0 Å². The molecule has 2 fully saturated rings. The van der Waals surface area contributed by atoms with Crippen LogP contribution in [-0.2, 0) is 36.5 Å². The summed E-state index contributed by atoms with van der Waals surface area (Å²) >= 11 is 5.99. The van der Waals surface area contributed by atoms with Gasteiger partial charge >= 0.3 is 18.3 Å². The van der Waals surface area contributed by atoms with Crippen LogP contribution in [0.5, 0.6) is 0 Å². The number of carbonyl (C=O) groups is 2. The molecule has 1 saturated carbocycles. The molecule has 6 nitrogen and oxygen atoms in total. The standard InChI is InChI=1S/C28H28ClF4NO5S/c29-20-7-9-21(10-8-20)40(38,39)27-13-14-34(24(35)16-1-3-17(4-2-16)25(36)37)23(27)12-5-18-15-19(6-11-22(18)27)28(32,33)26(30)31/h6-11,15-17,23,26H,1-5,12-14H2,(H,36,37)/t16-,17-,23?,27?. The number of carboxylic acid groups (broad SMARTS) is 1. The highest BCUT2D eigenvalue weighted by Crippen LogP contribution is 2.54. The van der Waals surface area contributed by atoms with Gasteiger partial charge in [0.1, 0.15) is 4.75 Å². The number of carbonyl (C=O) groups excluding carboxylic acids is 1. The number of fused-ring (bicyclic) bond motifs is 3. The zero-order valence-electron chi connectivity index (χ0n) is 21.3. The smallest absolute Gasteiger partial charge is 0.332 e. The van der Waals surface area contributed by atoms with Crippen molar-refractivity contribution in [3.63, 3.8) is 0 Å². The van der Waals surface area contributed by atoms with Crippen molar-refractivity contribution in [3.8, 4) is 0 Å². The first-order valence-corrected chi connectivity index (χ1v) is 15.0. The van der Waals surface area contributed by atoms with Gasteiger partial charge < -0.3 is 10.0 Å². The van der Waals surface area contributed by atoms with Gasteiger partial charge in [-0.05, 0) is 86.4 Å². The summed E-state index contributed by atoms with van der Waals surface area (Å²) in [5.41, 5.74) is -0.417. The predicted molar refractivity (Wildman–Crippen MR) is 138 cm³/mol.